The Kier molecular flexibility index (Phi) is 9.32. The van der Waals surface area contributed by atoms with Crippen LogP contribution in [0.1, 0.15) is 13.8 Å². The van der Waals surface area contributed by atoms with Gasteiger partial charge in [0, 0.05) is 12.5 Å². The Hall–Kier alpha value is -1.56. The van der Waals surface area contributed by atoms with Gasteiger partial charge < -0.3 is 4.74 Å². The third-order valence-electron chi connectivity index (χ3n) is 0.440. The summed E-state index contributed by atoms with van der Waals surface area (Å²) < 4.78 is 4.17. The highest BCUT2D eigenvalue weighted by atomic mass is 16.5. The first-order valence-corrected chi connectivity index (χ1v) is 2.88. The van der Waals surface area contributed by atoms with Crippen molar-refractivity contribution in [2.45, 2.75) is 13.8 Å². The van der Waals surface area contributed by atoms with Gasteiger partial charge in [0.05, 0.1) is 12.3 Å². The van der Waals surface area contributed by atoms with Gasteiger partial charge in [-0.15, -0.1) is 0 Å². The first-order valence-electron chi connectivity index (χ1n) is 2.88. The van der Waals surface area contributed by atoms with Crippen molar-refractivity contribution in [1.29, 1.82) is 5.26 Å². The minimum absolute atomic E-state index is 0.329. The summed E-state index contributed by atoms with van der Waals surface area (Å²) in [5.74, 6) is -0.329. The lowest BCUT2D eigenvalue weighted by Gasteiger charge is -1.83. The van der Waals surface area contributed by atoms with Crippen LogP contribution in [-0.2, 0) is 9.53 Å². The number of esters is 1. The van der Waals surface area contributed by atoms with Crippen LogP contribution in [0.3, 0.4) is 0 Å². The summed E-state index contributed by atoms with van der Waals surface area (Å²) in [4.78, 5) is 9.75. The predicted octanol–water partition coefficient (Wildman–Crippen LogP) is 1.78. The van der Waals surface area contributed by atoms with E-state index in [1.54, 1.807) is 6.92 Å². The summed E-state index contributed by atoms with van der Waals surface area (Å²) in [5.41, 5.74) is 0.560. The molecule has 0 aromatic rings. The zero-order valence-electron chi connectivity index (χ0n) is 6.76. The van der Waals surface area contributed by atoms with Crippen molar-refractivity contribution < 1.29 is 9.53 Å². The van der Waals surface area contributed by atoms with Crippen molar-refractivity contribution in [2.24, 2.45) is 0 Å². The van der Waals surface area contributed by atoms with Gasteiger partial charge in [-0.2, -0.15) is 5.26 Å². The van der Waals surface area contributed by atoms with E-state index in [4.69, 9.17) is 5.26 Å². The monoisotopic (exact) mass is 153 g/mol. The van der Waals surface area contributed by atoms with Gasteiger partial charge in [-0.3, -0.25) is 4.79 Å². The van der Waals surface area contributed by atoms with Gasteiger partial charge in [0.25, 0.3) is 0 Å². The Morgan fingerprint density at radius 2 is 2.00 bits per heavy atom. The number of hydrogen-bond acceptors (Lipinski definition) is 3. The molecule has 3 heteroatoms. The topological polar surface area (TPSA) is 50.1 Å². The van der Waals surface area contributed by atoms with Crippen molar-refractivity contribution in [3.05, 3.63) is 25.0 Å². The predicted molar refractivity (Wildman–Crippen MR) is 42.4 cm³/mol. The Morgan fingerprint density at radius 3 is 2.00 bits per heavy atom. The maximum Gasteiger partial charge on any atom is 0.307 e. The fraction of sp³-hybridized carbons (Fsp3) is 0.250. The molecule has 0 rings (SSSR count). The van der Waals surface area contributed by atoms with Crippen LogP contribution < -0.4 is 0 Å². The van der Waals surface area contributed by atoms with Crippen LogP contribution in [0.25, 0.3) is 0 Å². The van der Waals surface area contributed by atoms with Crippen LogP contribution in [0.2, 0.25) is 0 Å². The van der Waals surface area contributed by atoms with E-state index < -0.39 is 0 Å². The summed E-state index contributed by atoms with van der Waals surface area (Å²) in [5, 5.41) is 7.79. The lowest BCUT2D eigenvalue weighted by Crippen LogP contribution is -1.87. The van der Waals surface area contributed by atoms with E-state index in [0.717, 1.165) is 6.26 Å². The molecule has 0 saturated carbocycles. The van der Waals surface area contributed by atoms with Crippen molar-refractivity contribution in [1.82, 2.24) is 0 Å². The van der Waals surface area contributed by atoms with Crippen LogP contribution in [0, 0.1) is 11.3 Å². The van der Waals surface area contributed by atoms with Crippen LogP contribution in [0.5, 0.6) is 0 Å². The molecule has 0 amide bonds. The number of ether oxygens (including phenoxy) is 1. The van der Waals surface area contributed by atoms with Gasteiger partial charge in [0.15, 0.2) is 0 Å². The van der Waals surface area contributed by atoms with Crippen molar-refractivity contribution in [3.8, 4) is 6.07 Å². The molecule has 0 bridgehead atoms. The second-order valence-electron chi connectivity index (χ2n) is 1.67. The molecule has 0 saturated heterocycles. The first-order chi connectivity index (χ1) is 5.04. The van der Waals surface area contributed by atoms with Crippen molar-refractivity contribution in [3.63, 3.8) is 0 Å². The second kappa shape index (κ2) is 8.44. The van der Waals surface area contributed by atoms with Crippen LogP contribution in [0.4, 0.5) is 0 Å². The van der Waals surface area contributed by atoms with Crippen LogP contribution in [0.15, 0.2) is 25.0 Å². The zero-order chi connectivity index (χ0) is 9.28. The third kappa shape index (κ3) is 29.6. The molecule has 0 radical (unpaired) electrons. The number of nitrogens with zero attached hydrogens (tertiary/aromatic N) is 1. The number of rotatable bonds is 1. The van der Waals surface area contributed by atoms with E-state index in [1.807, 2.05) is 6.07 Å². The summed E-state index contributed by atoms with van der Waals surface area (Å²) in [6, 6.07) is 1.83. The van der Waals surface area contributed by atoms with E-state index in [2.05, 4.69) is 17.9 Å². The quantitative estimate of drug-likeness (QED) is 0.328. The molecule has 0 fully saturated rings. The lowest BCUT2D eigenvalue weighted by molar-refractivity contribution is -0.135. The van der Waals surface area contributed by atoms with Gasteiger partial charge in [-0.25, -0.2) is 0 Å². The fourth-order valence-electron chi connectivity index (χ4n) is 0.117. The number of hydrogen-bond donors (Lipinski definition) is 0. The minimum Gasteiger partial charge on any atom is -0.435 e. The normalized spacial score (nSPS) is 6.27. The second-order valence-corrected chi connectivity index (χ2v) is 1.67. The Bertz CT molecular complexity index is 189. The molecule has 3 nitrogen and oxygen atoms in total. The summed E-state index contributed by atoms with van der Waals surface area (Å²) >= 11 is 0. The molecule has 0 N–H and O–H groups in total. The van der Waals surface area contributed by atoms with Crippen molar-refractivity contribution in [2.75, 3.05) is 0 Å². The fourth-order valence-corrected chi connectivity index (χ4v) is 0.117. The average Bonchev–Trinajstić information content (AvgIpc) is 1.89. The maximum absolute atomic E-state index is 9.75. The largest absolute Gasteiger partial charge is 0.435 e. The number of carbonyl (C=O) groups is 1. The molecule has 0 aromatic carbocycles. The molecule has 0 aliphatic rings. The van der Waals surface area contributed by atoms with E-state index >= 15 is 0 Å². The van der Waals surface area contributed by atoms with E-state index in [9.17, 15) is 4.79 Å². The molecule has 0 atom stereocenters. The van der Waals surface area contributed by atoms with Crippen LogP contribution in [-0.4, -0.2) is 5.97 Å². The number of allylic oxidation sites excluding steroid dienone is 1. The maximum atomic E-state index is 9.75. The average molecular weight is 153 g/mol. The molecule has 0 unspecified atom stereocenters. The standard InChI is InChI=1S/C4H5N.C4H6O2/c1-4(2)3-5;1-3-6-4(2)5/h1H2,2H3;3H,1H2,2H3. The molecule has 0 aromatic heterocycles. The number of nitriles is 1. The highest BCUT2D eigenvalue weighted by Crippen LogP contribution is 1.74. The van der Waals surface area contributed by atoms with E-state index in [-0.39, 0.29) is 5.97 Å². The molecule has 11 heavy (non-hydrogen) atoms. The summed E-state index contributed by atoms with van der Waals surface area (Å²) in [7, 11) is 0. The van der Waals surface area contributed by atoms with Crippen LogP contribution >= 0.6 is 0 Å². The Morgan fingerprint density at radius 1 is 1.64 bits per heavy atom. The van der Waals surface area contributed by atoms with Gasteiger partial charge in [0.1, 0.15) is 0 Å². The number of carbonyl (C=O) groups excluding carboxylic acids is 1. The van der Waals surface area contributed by atoms with E-state index in [0.29, 0.717) is 5.57 Å². The molecule has 60 valence electrons. The first kappa shape index (κ1) is 12.1. The zero-order valence-corrected chi connectivity index (χ0v) is 6.76. The molecular weight excluding hydrogens is 142 g/mol. The molecule has 0 aliphatic carbocycles. The summed E-state index contributed by atoms with van der Waals surface area (Å²) in [6.07, 6.45) is 1.10. The third-order valence-corrected chi connectivity index (χ3v) is 0.440. The molecule has 0 heterocycles. The Balaban J connectivity index is 0. The SMILES string of the molecule is C=C(C)C#N.C=COC(C)=O. The summed E-state index contributed by atoms with van der Waals surface area (Å²) in [6.45, 7) is 9.46. The smallest absolute Gasteiger partial charge is 0.307 e. The highest BCUT2D eigenvalue weighted by Gasteiger charge is 1.79. The highest BCUT2D eigenvalue weighted by molar-refractivity contribution is 5.66. The lowest BCUT2D eigenvalue weighted by atomic mass is 10.4. The van der Waals surface area contributed by atoms with Gasteiger partial charge in [-0.1, -0.05) is 13.2 Å². The van der Waals surface area contributed by atoms with E-state index in [1.165, 1.54) is 6.92 Å². The van der Waals surface area contributed by atoms with Crippen molar-refractivity contribution >= 4 is 5.97 Å². The van der Waals surface area contributed by atoms with Gasteiger partial charge in [-0.05, 0) is 6.92 Å². The minimum atomic E-state index is -0.329. The Labute approximate surface area is 66.6 Å². The molecule has 0 aliphatic heterocycles. The van der Waals surface area contributed by atoms with Gasteiger partial charge in [0.2, 0.25) is 0 Å². The molecular formula is C8H11NO2. The van der Waals surface area contributed by atoms with Gasteiger partial charge >= 0.3 is 5.97 Å². The molecule has 0 spiro atoms.